The van der Waals surface area contributed by atoms with Crippen molar-refractivity contribution < 1.29 is 0 Å². The normalized spacial score (nSPS) is 38.2. The van der Waals surface area contributed by atoms with Crippen LogP contribution in [-0.4, -0.2) is 36.1 Å². The van der Waals surface area contributed by atoms with Gasteiger partial charge in [-0.2, -0.15) is 0 Å². The molecule has 0 bridgehead atoms. The third-order valence-electron chi connectivity index (χ3n) is 4.26. The van der Waals surface area contributed by atoms with E-state index in [1.807, 2.05) is 0 Å². The van der Waals surface area contributed by atoms with Crippen LogP contribution in [0.25, 0.3) is 0 Å². The SMILES string of the molecule is CCCCN1CC(C)NCC1(C)C1CC1. The summed E-state index contributed by atoms with van der Waals surface area (Å²) < 4.78 is 0. The lowest BCUT2D eigenvalue weighted by atomic mass is 9.89. The molecule has 2 aliphatic rings. The summed E-state index contributed by atoms with van der Waals surface area (Å²) >= 11 is 0. The molecule has 1 aliphatic heterocycles. The van der Waals surface area contributed by atoms with Gasteiger partial charge in [-0.3, -0.25) is 4.90 Å². The molecule has 2 nitrogen and oxygen atoms in total. The van der Waals surface area contributed by atoms with Gasteiger partial charge >= 0.3 is 0 Å². The molecular weight excluding hydrogens is 184 g/mol. The Hall–Kier alpha value is -0.0800. The van der Waals surface area contributed by atoms with Crippen molar-refractivity contribution in [3.05, 3.63) is 0 Å². The molecule has 0 spiro atoms. The van der Waals surface area contributed by atoms with E-state index >= 15 is 0 Å². The average Bonchev–Trinajstić information content (AvgIpc) is 3.03. The average molecular weight is 210 g/mol. The predicted octanol–water partition coefficient (Wildman–Crippen LogP) is 2.25. The zero-order valence-electron chi connectivity index (χ0n) is 10.6. The molecule has 2 rings (SSSR count). The summed E-state index contributed by atoms with van der Waals surface area (Å²) in [6.45, 7) is 10.8. The summed E-state index contributed by atoms with van der Waals surface area (Å²) in [6, 6.07) is 0.675. The van der Waals surface area contributed by atoms with Crippen LogP contribution in [0.2, 0.25) is 0 Å². The molecule has 88 valence electrons. The summed E-state index contributed by atoms with van der Waals surface area (Å²) in [5.74, 6) is 0.967. The number of nitrogens with zero attached hydrogens (tertiary/aromatic N) is 1. The van der Waals surface area contributed by atoms with Crippen LogP contribution in [0.15, 0.2) is 0 Å². The molecule has 1 heterocycles. The van der Waals surface area contributed by atoms with Crippen molar-refractivity contribution in [3.8, 4) is 0 Å². The van der Waals surface area contributed by atoms with Gasteiger partial charge in [-0.15, -0.1) is 0 Å². The van der Waals surface area contributed by atoms with Gasteiger partial charge in [-0.05, 0) is 45.6 Å². The van der Waals surface area contributed by atoms with E-state index in [1.54, 1.807) is 0 Å². The van der Waals surface area contributed by atoms with E-state index in [0.717, 1.165) is 5.92 Å². The summed E-state index contributed by atoms with van der Waals surface area (Å²) in [4.78, 5) is 2.76. The Morgan fingerprint density at radius 2 is 2.13 bits per heavy atom. The van der Waals surface area contributed by atoms with E-state index in [0.29, 0.717) is 11.6 Å². The molecular formula is C13H26N2. The zero-order chi connectivity index (χ0) is 10.9. The van der Waals surface area contributed by atoms with Crippen LogP contribution in [0.3, 0.4) is 0 Å². The Bertz CT molecular complexity index is 213. The monoisotopic (exact) mass is 210 g/mol. The molecule has 15 heavy (non-hydrogen) atoms. The maximum absolute atomic E-state index is 3.66. The van der Waals surface area contributed by atoms with Crippen molar-refractivity contribution in [1.29, 1.82) is 0 Å². The second-order valence-corrected chi connectivity index (χ2v) is 5.71. The molecule has 0 aromatic heterocycles. The van der Waals surface area contributed by atoms with Crippen LogP contribution in [0.5, 0.6) is 0 Å². The quantitative estimate of drug-likeness (QED) is 0.765. The van der Waals surface area contributed by atoms with Crippen molar-refractivity contribution in [1.82, 2.24) is 10.2 Å². The second kappa shape index (κ2) is 4.42. The van der Waals surface area contributed by atoms with Crippen molar-refractivity contribution in [3.63, 3.8) is 0 Å². The van der Waals surface area contributed by atoms with Crippen molar-refractivity contribution >= 4 is 0 Å². The fraction of sp³-hybridized carbons (Fsp3) is 1.00. The maximum atomic E-state index is 3.66. The van der Waals surface area contributed by atoms with Crippen molar-refractivity contribution in [2.45, 2.75) is 58.0 Å². The smallest absolute Gasteiger partial charge is 0.0334 e. The van der Waals surface area contributed by atoms with Gasteiger partial charge in [0.15, 0.2) is 0 Å². The van der Waals surface area contributed by atoms with Gasteiger partial charge in [0, 0.05) is 24.7 Å². The molecule has 2 atom stereocenters. The van der Waals surface area contributed by atoms with E-state index in [1.165, 1.54) is 45.3 Å². The van der Waals surface area contributed by atoms with Crippen LogP contribution in [-0.2, 0) is 0 Å². The third kappa shape index (κ3) is 2.36. The van der Waals surface area contributed by atoms with Crippen LogP contribution in [0, 0.1) is 5.92 Å². The van der Waals surface area contributed by atoms with Gasteiger partial charge in [0.1, 0.15) is 0 Å². The number of rotatable bonds is 4. The summed E-state index contributed by atoms with van der Waals surface area (Å²) in [6.07, 6.45) is 5.58. The van der Waals surface area contributed by atoms with Gasteiger partial charge in [0.05, 0.1) is 0 Å². The summed E-state index contributed by atoms with van der Waals surface area (Å²) in [5.41, 5.74) is 0.460. The second-order valence-electron chi connectivity index (χ2n) is 5.71. The molecule has 1 saturated carbocycles. The minimum Gasteiger partial charge on any atom is -0.311 e. The van der Waals surface area contributed by atoms with Gasteiger partial charge < -0.3 is 5.32 Å². The first kappa shape index (κ1) is 11.4. The van der Waals surface area contributed by atoms with Gasteiger partial charge in [-0.25, -0.2) is 0 Å². The molecule has 0 radical (unpaired) electrons. The van der Waals surface area contributed by atoms with E-state index < -0.39 is 0 Å². The third-order valence-corrected chi connectivity index (χ3v) is 4.26. The van der Waals surface area contributed by atoms with E-state index in [9.17, 15) is 0 Å². The van der Waals surface area contributed by atoms with E-state index in [-0.39, 0.29) is 0 Å². The Morgan fingerprint density at radius 3 is 2.73 bits per heavy atom. The standard InChI is InChI=1S/C13H26N2/c1-4-5-8-15-9-11(2)14-10-13(15,3)12-6-7-12/h11-12,14H,4-10H2,1-3H3. The maximum Gasteiger partial charge on any atom is 0.0334 e. The number of unbranched alkanes of at least 4 members (excludes halogenated alkanes) is 1. The molecule has 0 aromatic rings. The first-order valence-electron chi connectivity index (χ1n) is 6.65. The topological polar surface area (TPSA) is 15.3 Å². The number of hydrogen-bond donors (Lipinski definition) is 1. The summed E-state index contributed by atoms with van der Waals surface area (Å²) in [7, 11) is 0. The highest BCUT2D eigenvalue weighted by atomic mass is 15.3. The minimum atomic E-state index is 0.460. The lowest BCUT2D eigenvalue weighted by molar-refractivity contribution is 0.0373. The molecule has 1 saturated heterocycles. The minimum absolute atomic E-state index is 0.460. The highest BCUT2D eigenvalue weighted by molar-refractivity contribution is 5.04. The molecule has 2 heteroatoms. The van der Waals surface area contributed by atoms with E-state index in [4.69, 9.17) is 0 Å². The lowest BCUT2D eigenvalue weighted by Gasteiger charge is -2.48. The van der Waals surface area contributed by atoms with Crippen LogP contribution >= 0.6 is 0 Å². The van der Waals surface area contributed by atoms with Crippen LogP contribution in [0.1, 0.15) is 46.5 Å². The molecule has 0 aromatic carbocycles. The first-order valence-corrected chi connectivity index (χ1v) is 6.65. The predicted molar refractivity (Wildman–Crippen MR) is 65.1 cm³/mol. The van der Waals surface area contributed by atoms with Crippen molar-refractivity contribution in [2.75, 3.05) is 19.6 Å². The first-order chi connectivity index (χ1) is 7.16. The molecule has 2 fully saturated rings. The molecule has 2 unspecified atom stereocenters. The Balaban J connectivity index is 1.99. The zero-order valence-corrected chi connectivity index (χ0v) is 10.6. The van der Waals surface area contributed by atoms with Gasteiger partial charge in [0.25, 0.3) is 0 Å². The summed E-state index contributed by atoms with van der Waals surface area (Å²) in [5, 5.41) is 3.66. The highest BCUT2D eigenvalue weighted by Crippen LogP contribution is 2.43. The van der Waals surface area contributed by atoms with Crippen LogP contribution < -0.4 is 5.32 Å². The molecule has 1 N–H and O–H groups in total. The van der Waals surface area contributed by atoms with E-state index in [2.05, 4.69) is 31.0 Å². The Labute approximate surface area is 94.4 Å². The van der Waals surface area contributed by atoms with Crippen molar-refractivity contribution in [2.24, 2.45) is 5.92 Å². The van der Waals surface area contributed by atoms with Gasteiger partial charge in [0.2, 0.25) is 0 Å². The number of hydrogen-bond acceptors (Lipinski definition) is 2. The number of piperazine rings is 1. The highest BCUT2D eigenvalue weighted by Gasteiger charge is 2.47. The fourth-order valence-corrected chi connectivity index (χ4v) is 2.90. The number of nitrogens with one attached hydrogen (secondary N) is 1. The molecule has 0 amide bonds. The molecule has 1 aliphatic carbocycles. The lowest BCUT2D eigenvalue weighted by Crippen LogP contribution is -2.63. The largest absolute Gasteiger partial charge is 0.311 e. The van der Waals surface area contributed by atoms with Crippen LogP contribution in [0.4, 0.5) is 0 Å². The Morgan fingerprint density at radius 1 is 1.40 bits per heavy atom. The van der Waals surface area contributed by atoms with Gasteiger partial charge in [-0.1, -0.05) is 13.3 Å². The Kier molecular flexibility index (Phi) is 3.36. The fourth-order valence-electron chi connectivity index (χ4n) is 2.90.